The van der Waals surface area contributed by atoms with E-state index in [4.69, 9.17) is 0 Å². The molecule has 4 atom stereocenters. The number of halogens is 1. The van der Waals surface area contributed by atoms with Gasteiger partial charge in [-0.1, -0.05) is 65.8 Å². The normalized spacial score (nSPS) is 19.6. The van der Waals surface area contributed by atoms with E-state index in [9.17, 15) is 19.4 Å². The summed E-state index contributed by atoms with van der Waals surface area (Å²) in [7, 11) is 0. The molecule has 3 rings (SSSR count). The molecule has 1 aliphatic rings. The van der Waals surface area contributed by atoms with E-state index in [0.717, 1.165) is 24.1 Å². The summed E-state index contributed by atoms with van der Waals surface area (Å²) in [5, 5.41) is 31.2. The van der Waals surface area contributed by atoms with Crippen molar-refractivity contribution in [1.29, 1.82) is 0 Å². The lowest BCUT2D eigenvalue weighted by atomic mass is 9.77. The molecule has 0 bridgehead atoms. The fraction of sp³-hybridized carbons (Fsp3) is 0.581. The van der Waals surface area contributed by atoms with Crippen LogP contribution in [-0.4, -0.2) is 40.0 Å². The molecular formula is C31H46FN3O3. The quantitative estimate of drug-likeness (QED) is 0.278. The standard InChI is InChI=1S/C31H46FN3O3/c1-29(2,3)17-20-12-13-23-22(15-20)25(18-31(7,8)35-23)33-27(30(4,5)6)26(36)24(34-28(37)38)16-19-10-9-11-21(32)14-19/h9-15,24-27,33-36H,16-18H2,1-8H3,(H,37,38)/t24-,25-,26+,27?/m0/s1. The highest BCUT2D eigenvalue weighted by Gasteiger charge is 2.41. The maximum Gasteiger partial charge on any atom is 0.404 e. The fourth-order valence-corrected chi connectivity index (χ4v) is 5.56. The highest BCUT2D eigenvalue weighted by Crippen LogP contribution is 2.40. The molecule has 2 aromatic carbocycles. The van der Waals surface area contributed by atoms with Crippen LogP contribution in [0.4, 0.5) is 14.9 Å². The molecule has 1 amide bonds. The Hall–Kier alpha value is -2.64. The first kappa shape index (κ1) is 29.9. The van der Waals surface area contributed by atoms with Crippen LogP contribution < -0.4 is 16.0 Å². The molecular weight excluding hydrogens is 481 g/mol. The molecule has 6 nitrogen and oxygen atoms in total. The largest absolute Gasteiger partial charge is 0.465 e. The van der Waals surface area contributed by atoms with Gasteiger partial charge in [0.15, 0.2) is 0 Å². The van der Waals surface area contributed by atoms with Gasteiger partial charge in [-0.05, 0) is 78.8 Å². The van der Waals surface area contributed by atoms with Crippen molar-refractivity contribution in [1.82, 2.24) is 10.6 Å². The highest BCUT2D eigenvalue weighted by atomic mass is 19.1. The predicted molar refractivity (Wildman–Crippen MR) is 152 cm³/mol. The number of benzene rings is 2. The lowest BCUT2D eigenvalue weighted by molar-refractivity contribution is 0.0326. The fourth-order valence-electron chi connectivity index (χ4n) is 5.56. The monoisotopic (exact) mass is 527 g/mol. The van der Waals surface area contributed by atoms with Gasteiger partial charge >= 0.3 is 6.09 Å². The van der Waals surface area contributed by atoms with Gasteiger partial charge < -0.3 is 26.2 Å². The number of rotatable bonds is 8. The zero-order valence-electron chi connectivity index (χ0n) is 24.2. The van der Waals surface area contributed by atoms with Crippen molar-refractivity contribution in [2.45, 2.75) is 104 Å². The Morgan fingerprint density at radius 1 is 1.11 bits per heavy atom. The van der Waals surface area contributed by atoms with Gasteiger partial charge in [0.25, 0.3) is 0 Å². The lowest BCUT2D eigenvalue weighted by Gasteiger charge is -2.45. The van der Waals surface area contributed by atoms with Crippen LogP contribution in [0, 0.1) is 16.6 Å². The molecule has 1 unspecified atom stereocenters. The summed E-state index contributed by atoms with van der Waals surface area (Å²) in [6, 6.07) is 11.3. The van der Waals surface area contributed by atoms with Gasteiger partial charge in [-0.3, -0.25) is 0 Å². The van der Waals surface area contributed by atoms with E-state index in [1.807, 2.05) is 20.8 Å². The minimum atomic E-state index is -1.22. The van der Waals surface area contributed by atoms with Gasteiger partial charge in [0.1, 0.15) is 5.82 Å². The molecule has 0 saturated heterocycles. The van der Waals surface area contributed by atoms with E-state index < -0.39 is 35.5 Å². The Bertz CT molecular complexity index is 1120. The van der Waals surface area contributed by atoms with Crippen LogP contribution in [0.3, 0.4) is 0 Å². The first-order chi connectivity index (χ1) is 17.4. The summed E-state index contributed by atoms with van der Waals surface area (Å²) in [6.07, 6.45) is -0.380. The number of carboxylic acid groups (broad SMARTS) is 1. The van der Waals surface area contributed by atoms with Crippen LogP contribution in [0.5, 0.6) is 0 Å². The third kappa shape index (κ3) is 8.18. The second kappa shape index (κ2) is 11.2. The number of amides is 1. The molecule has 0 spiro atoms. The second-order valence-corrected chi connectivity index (χ2v) is 13.8. The van der Waals surface area contributed by atoms with Gasteiger partial charge in [0.05, 0.1) is 12.1 Å². The Balaban J connectivity index is 1.97. The van der Waals surface area contributed by atoms with Gasteiger partial charge in [-0.2, -0.15) is 0 Å². The van der Waals surface area contributed by atoms with Crippen LogP contribution in [0.15, 0.2) is 42.5 Å². The Labute approximate surface area is 227 Å². The van der Waals surface area contributed by atoms with Crippen LogP contribution >= 0.6 is 0 Å². The van der Waals surface area contributed by atoms with Crippen LogP contribution in [-0.2, 0) is 12.8 Å². The minimum Gasteiger partial charge on any atom is -0.465 e. The number of nitrogens with one attached hydrogen (secondary N) is 3. The van der Waals surface area contributed by atoms with Gasteiger partial charge in [-0.15, -0.1) is 0 Å². The van der Waals surface area contributed by atoms with Gasteiger partial charge in [0.2, 0.25) is 0 Å². The third-order valence-corrected chi connectivity index (χ3v) is 7.13. The number of hydrogen-bond acceptors (Lipinski definition) is 4. The first-order valence-electron chi connectivity index (χ1n) is 13.5. The average Bonchev–Trinajstić information content (AvgIpc) is 2.74. The molecule has 0 fully saturated rings. The third-order valence-electron chi connectivity index (χ3n) is 7.13. The molecule has 0 aromatic heterocycles. The number of carbonyl (C=O) groups is 1. The molecule has 7 heteroatoms. The molecule has 0 radical (unpaired) electrons. The minimum absolute atomic E-state index is 0.0558. The molecule has 1 heterocycles. The summed E-state index contributed by atoms with van der Waals surface area (Å²) in [4.78, 5) is 11.7. The maximum atomic E-state index is 13.9. The number of fused-ring (bicyclic) bond motifs is 1. The van der Waals surface area contributed by atoms with E-state index in [2.05, 4.69) is 68.8 Å². The summed E-state index contributed by atoms with van der Waals surface area (Å²) in [5.74, 6) is -0.392. The lowest BCUT2D eigenvalue weighted by Crippen LogP contribution is -2.59. The number of hydrogen-bond donors (Lipinski definition) is 5. The molecule has 2 aromatic rings. The van der Waals surface area contributed by atoms with E-state index in [1.54, 1.807) is 12.1 Å². The van der Waals surface area contributed by atoms with Crippen molar-refractivity contribution in [2.24, 2.45) is 10.8 Å². The van der Waals surface area contributed by atoms with Crippen molar-refractivity contribution in [3.05, 3.63) is 65.0 Å². The molecule has 0 saturated carbocycles. The summed E-state index contributed by atoms with van der Waals surface area (Å²) in [6.45, 7) is 17.1. The van der Waals surface area contributed by atoms with Crippen LogP contribution in [0.2, 0.25) is 0 Å². The molecule has 210 valence electrons. The SMILES string of the molecule is CC(C)(C)Cc1ccc2c(c1)[C@@H](NC([C@H](O)[C@H](Cc1cccc(F)c1)NC(=O)O)C(C)(C)C)CC(C)(C)N2. The Kier molecular flexibility index (Phi) is 8.84. The Morgan fingerprint density at radius 2 is 1.79 bits per heavy atom. The van der Waals surface area contributed by atoms with Crippen molar-refractivity contribution in [3.63, 3.8) is 0 Å². The van der Waals surface area contributed by atoms with Crippen molar-refractivity contribution in [2.75, 3.05) is 5.32 Å². The van der Waals surface area contributed by atoms with Crippen LogP contribution in [0.25, 0.3) is 0 Å². The number of anilines is 1. The summed E-state index contributed by atoms with van der Waals surface area (Å²) >= 11 is 0. The van der Waals surface area contributed by atoms with E-state index >= 15 is 0 Å². The van der Waals surface area contributed by atoms with Crippen molar-refractivity contribution in [3.8, 4) is 0 Å². The predicted octanol–water partition coefficient (Wildman–Crippen LogP) is 6.29. The summed E-state index contributed by atoms with van der Waals surface area (Å²) < 4.78 is 13.9. The second-order valence-electron chi connectivity index (χ2n) is 13.8. The van der Waals surface area contributed by atoms with Crippen molar-refractivity contribution < 1.29 is 19.4 Å². The van der Waals surface area contributed by atoms with Gasteiger partial charge in [-0.25, -0.2) is 9.18 Å². The summed E-state index contributed by atoms with van der Waals surface area (Å²) in [5.41, 5.74) is 3.67. The smallest absolute Gasteiger partial charge is 0.404 e. The van der Waals surface area contributed by atoms with E-state index in [0.29, 0.717) is 5.56 Å². The maximum absolute atomic E-state index is 13.9. The molecule has 38 heavy (non-hydrogen) atoms. The number of aliphatic hydroxyl groups is 1. The highest BCUT2D eigenvalue weighted by molar-refractivity contribution is 5.65. The molecule has 1 aliphatic heterocycles. The first-order valence-corrected chi connectivity index (χ1v) is 13.5. The average molecular weight is 528 g/mol. The van der Waals surface area contributed by atoms with Crippen LogP contribution in [0.1, 0.15) is 84.5 Å². The zero-order chi connectivity index (χ0) is 28.5. The van der Waals surface area contributed by atoms with Gasteiger partial charge in [0, 0.05) is 23.3 Å². The van der Waals surface area contributed by atoms with E-state index in [1.165, 1.54) is 17.7 Å². The van der Waals surface area contributed by atoms with E-state index in [-0.39, 0.29) is 23.4 Å². The molecule has 5 N–H and O–H groups in total. The number of aliphatic hydroxyl groups excluding tert-OH is 1. The zero-order valence-corrected chi connectivity index (χ0v) is 24.2. The Morgan fingerprint density at radius 3 is 2.37 bits per heavy atom. The van der Waals surface area contributed by atoms with Crippen molar-refractivity contribution >= 4 is 11.8 Å². The topological polar surface area (TPSA) is 93.6 Å². The molecule has 0 aliphatic carbocycles.